The van der Waals surface area contributed by atoms with Crippen LogP contribution in [-0.4, -0.2) is 34.7 Å². The Balaban J connectivity index is 2.51. The van der Waals surface area contributed by atoms with Crippen LogP contribution in [0.4, 0.5) is 0 Å². The molecule has 3 nitrogen and oxygen atoms in total. The highest BCUT2D eigenvalue weighted by Gasteiger charge is 2.04. The Morgan fingerprint density at radius 3 is 2.86 bits per heavy atom. The van der Waals surface area contributed by atoms with E-state index in [9.17, 15) is 0 Å². The standard InChI is InChI=1S/C10H15ClN2O/c1-8(14)6-13(2)7-9-4-3-5-10(11)12-9/h3-5,8,14H,6-7H2,1-2H3. The molecule has 1 aromatic heterocycles. The van der Waals surface area contributed by atoms with Crippen LogP contribution in [0.15, 0.2) is 18.2 Å². The van der Waals surface area contributed by atoms with Crippen LogP contribution in [-0.2, 0) is 6.54 Å². The molecule has 0 fully saturated rings. The Kier molecular flexibility index (Phi) is 4.32. The van der Waals surface area contributed by atoms with Crippen LogP contribution in [0.2, 0.25) is 5.15 Å². The minimum atomic E-state index is -0.320. The van der Waals surface area contributed by atoms with E-state index in [0.29, 0.717) is 18.2 Å². The van der Waals surface area contributed by atoms with Crippen molar-refractivity contribution in [2.75, 3.05) is 13.6 Å². The van der Waals surface area contributed by atoms with Gasteiger partial charge in [0.2, 0.25) is 0 Å². The van der Waals surface area contributed by atoms with Crippen molar-refractivity contribution in [2.24, 2.45) is 0 Å². The molecule has 0 aromatic carbocycles. The van der Waals surface area contributed by atoms with E-state index in [4.69, 9.17) is 16.7 Å². The first-order chi connectivity index (χ1) is 6.58. The highest BCUT2D eigenvalue weighted by molar-refractivity contribution is 6.29. The lowest BCUT2D eigenvalue weighted by Crippen LogP contribution is -2.27. The van der Waals surface area contributed by atoms with Gasteiger partial charge in [-0.2, -0.15) is 0 Å². The van der Waals surface area contributed by atoms with Crippen LogP contribution >= 0.6 is 11.6 Å². The van der Waals surface area contributed by atoms with Gasteiger partial charge in [0.15, 0.2) is 0 Å². The summed E-state index contributed by atoms with van der Waals surface area (Å²) < 4.78 is 0. The van der Waals surface area contributed by atoms with Crippen molar-refractivity contribution in [1.29, 1.82) is 0 Å². The van der Waals surface area contributed by atoms with Crippen molar-refractivity contribution in [1.82, 2.24) is 9.88 Å². The van der Waals surface area contributed by atoms with Gasteiger partial charge in [0.25, 0.3) is 0 Å². The van der Waals surface area contributed by atoms with E-state index in [0.717, 1.165) is 5.69 Å². The molecule has 0 aliphatic heterocycles. The van der Waals surface area contributed by atoms with Crippen LogP contribution < -0.4 is 0 Å². The number of hydrogen-bond acceptors (Lipinski definition) is 3. The van der Waals surface area contributed by atoms with Crippen molar-refractivity contribution in [3.8, 4) is 0 Å². The maximum Gasteiger partial charge on any atom is 0.129 e. The van der Waals surface area contributed by atoms with Crippen molar-refractivity contribution in [3.63, 3.8) is 0 Å². The maximum atomic E-state index is 9.17. The summed E-state index contributed by atoms with van der Waals surface area (Å²) in [6.07, 6.45) is -0.320. The minimum absolute atomic E-state index is 0.320. The second-order valence-electron chi connectivity index (χ2n) is 3.50. The Hall–Kier alpha value is -0.640. The summed E-state index contributed by atoms with van der Waals surface area (Å²) in [7, 11) is 1.94. The molecular weight excluding hydrogens is 200 g/mol. The third-order valence-electron chi connectivity index (χ3n) is 1.78. The number of aliphatic hydroxyl groups is 1. The quantitative estimate of drug-likeness (QED) is 0.773. The summed E-state index contributed by atoms with van der Waals surface area (Å²) in [6, 6.07) is 5.55. The number of aromatic nitrogens is 1. The lowest BCUT2D eigenvalue weighted by molar-refractivity contribution is 0.138. The number of hydrogen-bond donors (Lipinski definition) is 1. The summed E-state index contributed by atoms with van der Waals surface area (Å²) in [5.74, 6) is 0. The van der Waals surface area contributed by atoms with Gasteiger partial charge >= 0.3 is 0 Å². The van der Waals surface area contributed by atoms with Gasteiger partial charge in [-0.25, -0.2) is 4.98 Å². The summed E-state index contributed by atoms with van der Waals surface area (Å²) in [5.41, 5.74) is 0.917. The molecule has 0 spiro atoms. The molecule has 0 amide bonds. The molecular formula is C10H15ClN2O. The molecule has 1 N–H and O–H groups in total. The molecule has 78 valence electrons. The maximum absolute atomic E-state index is 9.17. The largest absolute Gasteiger partial charge is 0.392 e. The first kappa shape index (κ1) is 11.4. The summed E-state index contributed by atoms with van der Waals surface area (Å²) >= 11 is 5.76. The predicted molar refractivity (Wildman–Crippen MR) is 57.3 cm³/mol. The van der Waals surface area contributed by atoms with E-state index >= 15 is 0 Å². The first-order valence-corrected chi connectivity index (χ1v) is 4.94. The molecule has 0 saturated carbocycles. The molecule has 1 unspecified atom stereocenters. The SMILES string of the molecule is CC(O)CN(C)Cc1cccc(Cl)n1. The summed E-state index contributed by atoms with van der Waals surface area (Å²) in [5, 5.41) is 9.67. The topological polar surface area (TPSA) is 36.4 Å². The first-order valence-electron chi connectivity index (χ1n) is 4.56. The van der Waals surface area contributed by atoms with Crippen molar-refractivity contribution < 1.29 is 5.11 Å². The number of nitrogens with zero attached hydrogens (tertiary/aromatic N) is 2. The lowest BCUT2D eigenvalue weighted by atomic mass is 10.3. The molecule has 1 aromatic rings. The third-order valence-corrected chi connectivity index (χ3v) is 1.99. The Morgan fingerprint density at radius 1 is 1.57 bits per heavy atom. The fourth-order valence-corrected chi connectivity index (χ4v) is 1.51. The predicted octanol–water partition coefficient (Wildman–Crippen LogP) is 1.55. The zero-order valence-electron chi connectivity index (χ0n) is 8.44. The minimum Gasteiger partial charge on any atom is -0.392 e. The Bertz CT molecular complexity index is 291. The van der Waals surface area contributed by atoms with E-state index < -0.39 is 0 Å². The number of halogens is 1. The van der Waals surface area contributed by atoms with Gasteiger partial charge in [-0.3, -0.25) is 4.90 Å². The monoisotopic (exact) mass is 214 g/mol. The Labute approximate surface area is 89.3 Å². The van der Waals surface area contributed by atoms with E-state index in [1.54, 1.807) is 13.0 Å². The fraction of sp³-hybridized carbons (Fsp3) is 0.500. The number of pyridine rings is 1. The molecule has 14 heavy (non-hydrogen) atoms. The molecule has 0 aliphatic rings. The number of rotatable bonds is 4. The normalized spacial score (nSPS) is 13.2. The zero-order chi connectivity index (χ0) is 10.6. The van der Waals surface area contributed by atoms with Crippen LogP contribution in [0.5, 0.6) is 0 Å². The molecule has 0 radical (unpaired) electrons. The average molecular weight is 215 g/mol. The van der Waals surface area contributed by atoms with Gasteiger partial charge in [-0.1, -0.05) is 17.7 Å². The zero-order valence-corrected chi connectivity index (χ0v) is 9.20. The third kappa shape index (κ3) is 4.05. The van der Waals surface area contributed by atoms with E-state index in [2.05, 4.69) is 4.98 Å². The van der Waals surface area contributed by atoms with Crippen molar-refractivity contribution in [3.05, 3.63) is 29.0 Å². The van der Waals surface area contributed by atoms with Gasteiger partial charge in [0.1, 0.15) is 5.15 Å². The highest BCUT2D eigenvalue weighted by atomic mass is 35.5. The fourth-order valence-electron chi connectivity index (χ4n) is 1.33. The van der Waals surface area contributed by atoms with E-state index in [1.807, 2.05) is 24.1 Å². The average Bonchev–Trinajstić information content (AvgIpc) is 2.01. The molecule has 1 atom stereocenters. The summed E-state index contributed by atoms with van der Waals surface area (Å²) in [4.78, 5) is 6.17. The van der Waals surface area contributed by atoms with Gasteiger partial charge in [-0.05, 0) is 26.1 Å². The van der Waals surface area contributed by atoms with Gasteiger partial charge in [-0.15, -0.1) is 0 Å². The van der Waals surface area contributed by atoms with Gasteiger partial charge in [0.05, 0.1) is 11.8 Å². The summed E-state index contributed by atoms with van der Waals surface area (Å²) in [6.45, 7) is 3.10. The van der Waals surface area contributed by atoms with Crippen LogP contribution in [0.1, 0.15) is 12.6 Å². The Morgan fingerprint density at radius 2 is 2.29 bits per heavy atom. The lowest BCUT2D eigenvalue weighted by Gasteiger charge is -2.17. The molecule has 0 saturated heterocycles. The van der Waals surface area contributed by atoms with Gasteiger partial charge in [0, 0.05) is 13.1 Å². The molecule has 1 rings (SSSR count). The van der Waals surface area contributed by atoms with E-state index in [-0.39, 0.29) is 6.10 Å². The van der Waals surface area contributed by atoms with Crippen molar-refractivity contribution >= 4 is 11.6 Å². The van der Waals surface area contributed by atoms with E-state index in [1.165, 1.54) is 0 Å². The second-order valence-corrected chi connectivity index (χ2v) is 3.88. The van der Waals surface area contributed by atoms with Crippen LogP contribution in [0.25, 0.3) is 0 Å². The smallest absolute Gasteiger partial charge is 0.129 e. The van der Waals surface area contributed by atoms with Crippen LogP contribution in [0, 0.1) is 0 Å². The molecule has 1 heterocycles. The van der Waals surface area contributed by atoms with Crippen molar-refractivity contribution in [2.45, 2.75) is 19.6 Å². The highest BCUT2D eigenvalue weighted by Crippen LogP contribution is 2.06. The molecule has 0 bridgehead atoms. The number of likely N-dealkylation sites (N-methyl/N-ethyl adjacent to an activating group) is 1. The van der Waals surface area contributed by atoms with Crippen LogP contribution in [0.3, 0.4) is 0 Å². The number of aliphatic hydroxyl groups excluding tert-OH is 1. The molecule has 4 heteroatoms. The molecule has 0 aliphatic carbocycles. The second kappa shape index (κ2) is 5.29. The van der Waals surface area contributed by atoms with Gasteiger partial charge < -0.3 is 5.11 Å².